The molecule has 1 fully saturated rings. The molecular weight excluding hydrogens is 540 g/mol. The molecule has 0 amide bonds. The molecule has 2 aliphatic rings. The molecule has 11 nitrogen and oxygen atoms in total. The molecule has 1 saturated heterocycles. The molecule has 0 aliphatic carbocycles. The molecule has 4 heterocycles. The number of aryl methyl sites for hydroxylation is 1. The van der Waals surface area contributed by atoms with Crippen molar-refractivity contribution in [2.45, 2.75) is 56.6 Å². The molecule has 2 aliphatic heterocycles. The van der Waals surface area contributed by atoms with E-state index in [0.29, 0.717) is 49.2 Å². The Morgan fingerprint density at radius 2 is 1.77 bits per heavy atom. The second-order valence-corrected chi connectivity index (χ2v) is 13.1. The van der Waals surface area contributed by atoms with Gasteiger partial charge in [0, 0.05) is 38.0 Å². The fourth-order valence-corrected chi connectivity index (χ4v) is 6.44. The minimum Gasteiger partial charge on any atom is -0.477 e. The fraction of sp³-hybridized carbons (Fsp3) is 0.462. The molecule has 0 atom stereocenters. The Labute approximate surface area is 231 Å². The van der Waals surface area contributed by atoms with Crippen LogP contribution < -0.4 is 15.1 Å². The van der Waals surface area contributed by atoms with Gasteiger partial charge in [-0.05, 0) is 56.7 Å². The van der Waals surface area contributed by atoms with E-state index in [0.717, 1.165) is 59.9 Å². The Morgan fingerprint density at radius 1 is 1.08 bits per heavy atom. The summed E-state index contributed by atoms with van der Waals surface area (Å²) in [6, 6.07) is 6.93. The number of carboxylic acid groups (broad SMARTS) is 1. The zero-order valence-corrected chi connectivity index (χ0v) is 23.6. The highest BCUT2D eigenvalue weighted by Crippen LogP contribution is 2.36. The molecule has 3 N–H and O–H groups in total. The number of aliphatic hydroxyl groups is 1. The Hall–Kier alpha value is -3.29. The van der Waals surface area contributed by atoms with Crippen LogP contribution in [0, 0.1) is 6.92 Å². The number of nitrogens with one attached hydrogen (secondary N) is 1. The van der Waals surface area contributed by atoms with Gasteiger partial charge in [-0.3, -0.25) is 5.32 Å². The molecule has 3 aromatic rings. The highest BCUT2D eigenvalue weighted by Gasteiger charge is 2.28. The fourth-order valence-electron chi connectivity index (χ4n) is 5.01. The number of piperidine rings is 1. The monoisotopic (exact) mass is 572 g/mol. The van der Waals surface area contributed by atoms with E-state index in [1.807, 2.05) is 12.1 Å². The van der Waals surface area contributed by atoms with Crippen LogP contribution in [-0.2, 0) is 22.8 Å². The zero-order chi connectivity index (χ0) is 27.7. The lowest BCUT2D eigenvalue weighted by atomic mass is 10.1. The molecule has 5 rings (SSSR count). The number of aromatic nitrogens is 3. The molecular formula is C26H32N6O5S2. The number of hydrogen-bond donors (Lipinski definition) is 3. The molecule has 2 aromatic heterocycles. The summed E-state index contributed by atoms with van der Waals surface area (Å²) < 4.78 is 23.8. The Bertz CT molecular complexity index is 1470. The molecule has 0 saturated carbocycles. The number of fused-ring (bicyclic) bond motifs is 1. The van der Waals surface area contributed by atoms with Crippen LogP contribution in [0.1, 0.15) is 52.2 Å². The lowest BCUT2D eigenvalue weighted by molar-refractivity contribution is 0.0701. The summed E-state index contributed by atoms with van der Waals surface area (Å²) in [7, 11) is -3.28. The largest absolute Gasteiger partial charge is 0.477 e. The summed E-state index contributed by atoms with van der Waals surface area (Å²) in [4.78, 5) is 30.5. The number of aliphatic hydroxyl groups excluding tert-OH is 1. The molecule has 0 radical (unpaired) electrons. The van der Waals surface area contributed by atoms with E-state index in [1.165, 1.54) is 6.26 Å². The third-order valence-corrected chi connectivity index (χ3v) is 9.26. The number of nitrogens with zero attached hydrogens (tertiary/aromatic N) is 5. The van der Waals surface area contributed by atoms with Gasteiger partial charge in [0.15, 0.2) is 15.0 Å². The number of aromatic carboxylic acids is 1. The van der Waals surface area contributed by atoms with Crippen LogP contribution in [0.5, 0.6) is 0 Å². The number of carbonyl (C=O) groups is 1. The van der Waals surface area contributed by atoms with Crippen LogP contribution in [0.15, 0.2) is 29.2 Å². The maximum Gasteiger partial charge on any atom is 0.347 e. The maximum absolute atomic E-state index is 11.9. The number of sulfone groups is 1. The lowest BCUT2D eigenvalue weighted by Crippen LogP contribution is -2.37. The van der Waals surface area contributed by atoms with Crippen LogP contribution in [-0.4, -0.2) is 71.5 Å². The van der Waals surface area contributed by atoms with Gasteiger partial charge in [-0.15, -0.1) is 0 Å². The van der Waals surface area contributed by atoms with Crippen molar-refractivity contribution in [3.63, 3.8) is 0 Å². The van der Waals surface area contributed by atoms with Gasteiger partial charge in [-0.25, -0.2) is 18.2 Å². The third-order valence-electron chi connectivity index (χ3n) is 7.07. The summed E-state index contributed by atoms with van der Waals surface area (Å²) in [5, 5.41) is 23.1. The number of carboxylic acids is 1. The van der Waals surface area contributed by atoms with Crippen molar-refractivity contribution < 1.29 is 23.4 Å². The zero-order valence-electron chi connectivity index (χ0n) is 21.9. The van der Waals surface area contributed by atoms with Crippen molar-refractivity contribution >= 4 is 49.9 Å². The molecule has 39 heavy (non-hydrogen) atoms. The van der Waals surface area contributed by atoms with Crippen LogP contribution in [0.2, 0.25) is 0 Å². The molecule has 1 aromatic carbocycles. The summed E-state index contributed by atoms with van der Waals surface area (Å²) in [6.45, 7) is 4.33. The topological polar surface area (TPSA) is 149 Å². The van der Waals surface area contributed by atoms with Crippen LogP contribution >= 0.6 is 11.3 Å². The normalized spacial score (nSPS) is 16.6. The smallest absolute Gasteiger partial charge is 0.347 e. The van der Waals surface area contributed by atoms with E-state index in [9.17, 15) is 23.4 Å². The summed E-state index contributed by atoms with van der Waals surface area (Å²) in [5.74, 6) is 0.923. The average Bonchev–Trinajstić information content (AvgIpc) is 3.14. The molecule has 0 spiro atoms. The quantitative estimate of drug-likeness (QED) is 0.382. The van der Waals surface area contributed by atoms with Crippen molar-refractivity contribution in [1.29, 1.82) is 0 Å². The summed E-state index contributed by atoms with van der Waals surface area (Å²) in [6.07, 6.45) is 4.95. The molecule has 208 valence electrons. The predicted octanol–water partition coefficient (Wildman–Crippen LogP) is 3.39. The van der Waals surface area contributed by atoms with E-state index >= 15 is 0 Å². The minimum absolute atomic E-state index is 0.164. The number of thiazole rings is 1. The number of benzene rings is 1. The van der Waals surface area contributed by atoms with Crippen LogP contribution in [0.25, 0.3) is 0 Å². The molecule has 0 bridgehead atoms. The second-order valence-electron chi connectivity index (χ2n) is 10.0. The average molecular weight is 573 g/mol. The van der Waals surface area contributed by atoms with Gasteiger partial charge in [0.1, 0.15) is 16.5 Å². The van der Waals surface area contributed by atoms with Gasteiger partial charge in [-0.2, -0.15) is 9.97 Å². The second kappa shape index (κ2) is 11.1. The standard InChI is InChI=1S/C26H32N6O5S2/c1-16-21(24(34)35)38-26(27-16)30-25-28-22(31-13-10-18(33)11-14-31)20-5-3-4-12-32(23(20)29-25)15-17-6-8-19(9-7-17)39(2,36)37/h6-9,18,33H,3-5,10-15H2,1-2H3,(H,34,35)(H,27,28,29,30). The van der Waals surface area contributed by atoms with E-state index in [-0.39, 0.29) is 15.9 Å². The van der Waals surface area contributed by atoms with Crippen LogP contribution in [0.4, 0.5) is 22.7 Å². The van der Waals surface area contributed by atoms with Gasteiger partial charge in [0.05, 0.1) is 16.7 Å². The lowest BCUT2D eigenvalue weighted by Gasteiger charge is -2.33. The summed E-state index contributed by atoms with van der Waals surface area (Å²) in [5.41, 5.74) is 2.44. The molecule has 13 heteroatoms. The predicted molar refractivity (Wildman–Crippen MR) is 150 cm³/mol. The highest BCUT2D eigenvalue weighted by molar-refractivity contribution is 7.90. The highest BCUT2D eigenvalue weighted by atomic mass is 32.2. The van der Waals surface area contributed by atoms with Crippen molar-refractivity contribution in [2.24, 2.45) is 0 Å². The van der Waals surface area contributed by atoms with E-state index in [4.69, 9.17) is 9.97 Å². The maximum atomic E-state index is 11.9. The van der Waals surface area contributed by atoms with Crippen LogP contribution in [0.3, 0.4) is 0 Å². The van der Waals surface area contributed by atoms with E-state index in [1.54, 1.807) is 19.1 Å². The van der Waals surface area contributed by atoms with Crippen molar-refractivity contribution in [3.05, 3.63) is 46.0 Å². The van der Waals surface area contributed by atoms with Gasteiger partial charge < -0.3 is 20.0 Å². The Balaban J connectivity index is 1.53. The van der Waals surface area contributed by atoms with E-state index < -0.39 is 15.8 Å². The first-order chi connectivity index (χ1) is 18.6. The van der Waals surface area contributed by atoms with Crippen molar-refractivity contribution in [2.75, 3.05) is 41.0 Å². The Kier molecular flexibility index (Phi) is 7.74. The first-order valence-corrected chi connectivity index (χ1v) is 15.6. The number of rotatable bonds is 7. The van der Waals surface area contributed by atoms with Crippen molar-refractivity contribution in [1.82, 2.24) is 15.0 Å². The first-order valence-electron chi connectivity index (χ1n) is 12.9. The number of hydrogen-bond acceptors (Lipinski definition) is 11. The SMILES string of the molecule is Cc1nc(Nc2nc(N3CCC(O)CC3)c3c(n2)N(Cc2ccc(S(C)(=O)=O)cc2)CCCC3)sc1C(=O)O. The number of anilines is 4. The van der Waals surface area contributed by atoms with Gasteiger partial charge in [0.2, 0.25) is 5.95 Å². The van der Waals surface area contributed by atoms with Gasteiger partial charge in [-0.1, -0.05) is 23.5 Å². The first kappa shape index (κ1) is 27.3. The molecule has 0 unspecified atom stereocenters. The minimum atomic E-state index is -3.28. The van der Waals surface area contributed by atoms with Crippen molar-refractivity contribution in [3.8, 4) is 0 Å². The van der Waals surface area contributed by atoms with E-state index in [2.05, 4.69) is 20.1 Å². The van der Waals surface area contributed by atoms with Gasteiger partial charge >= 0.3 is 5.97 Å². The Morgan fingerprint density at radius 3 is 2.41 bits per heavy atom. The van der Waals surface area contributed by atoms with Gasteiger partial charge in [0.25, 0.3) is 0 Å². The summed E-state index contributed by atoms with van der Waals surface area (Å²) >= 11 is 1.04. The third kappa shape index (κ3) is 6.15.